The number of aliphatic hydroxyl groups excluding tert-OH is 1. The molecule has 0 spiro atoms. The number of aliphatic hydroxyl groups is 1. The summed E-state index contributed by atoms with van der Waals surface area (Å²) < 4.78 is 0. The minimum Gasteiger partial charge on any atom is -0.478 e. The first-order chi connectivity index (χ1) is 8.86. The number of carboxylic acid groups (broad SMARTS) is 1. The molecule has 6 nitrogen and oxygen atoms in total. The van der Waals surface area contributed by atoms with Crippen LogP contribution in [-0.4, -0.2) is 33.5 Å². The van der Waals surface area contributed by atoms with Gasteiger partial charge in [-0.1, -0.05) is 18.5 Å². The van der Waals surface area contributed by atoms with Gasteiger partial charge in [0.05, 0.1) is 15.5 Å². The summed E-state index contributed by atoms with van der Waals surface area (Å²) in [7, 11) is 0. The average molecular weight is 306 g/mol. The molecule has 0 aliphatic heterocycles. The molecule has 0 aliphatic carbocycles. The van der Waals surface area contributed by atoms with Gasteiger partial charge in [-0.25, -0.2) is 4.79 Å². The van der Waals surface area contributed by atoms with Crippen molar-refractivity contribution in [2.45, 2.75) is 11.8 Å². The Kier molecular flexibility index (Phi) is 5.59. The fourth-order valence-corrected chi connectivity index (χ4v) is 2.70. The van der Waals surface area contributed by atoms with Crippen molar-refractivity contribution in [2.24, 2.45) is 5.92 Å². The Balaban J connectivity index is 3.15. The van der Waals surface area contributed by atoms with Gasteiger partial charge in [-0.05, 0) is 5.92 Å². The molecule has 0 heterocycles. The molecule has 104 valence electrons. The zero-order chi connectivity index (χ0) is 14.6. The number of nitro groups is 1. The highest BCUT2D eigenvalue weighted by Gasteiger charge is 2.20. The van der Waals surface area contributed by atoms with Crippen LogP contribution in [0.2, 0.25) is 5.02 Å². The van der Waals surface area contributed by atoms with Crippen LogP contribution in [0.15, 0.2) is 17.0 Å². The van der Waals surface area contributed by atoms with Crippen LogP contribution in [0.1, 0.15) is 17.3 Å². The molecule has 1 aromatic rings. The van der Waals surface area contributed by atoms with E-state index < -0.39 is 10.9 Å². The number of rotatable bonds is 6. The van der Waals surface area contributed by atoms with Crippen molar-refractivity contribution >= 4 is 35.0 Å². The molecule has 0 bridgehead atoms. The molecule has 0 aromatic heterocycles. The second kappa shape index (κ2) is 6.74. The second-order valence-corrected chi connectivity index (χ2v) is 5.40. The van der Waals surface area contributed by atoms with Crippen LogP contribution in [0.25, 0.3) is 0 Å². The van der Waals surface area contributed by atoms with Gasteiger partial charge in [-0.15, -0.1) is 11.8 Å². The summed E-state index contributed by atoms with van der Waals surface area (Å²) in [6.45, 7) is 1.77. The summed E-state index contributed by atoms with van der Waals surface area (Å²) in [5, 5.41) is 28.7. The first-order valence-corrected chi connectivity index (χ1v) is 6.68. The number of carboxylic acids is 1. The SMILES string of the molecule is CC(CO)CSc1c(Cl)cc([N+](=O)[O-])cc1C(=O)O. The van der Waals surface area contributed by atoms with Gasteiger partial charge < -0.3 is 10.2 Å². The number of aromatic carboxylic acids is 1. The Morgan fingerprint density at radius 2 is 2.21 bits per heavy atom. The van der Waals surface area contributed by atoms with Crippen molar-refractivity contribution in [3.8, 4) is 0 Å². The number of thioether (sulfide) groups is 1. The van der Waals surface area contributed by atoms with Crippen molar-refractivity contribution < 1.29 is 19.9 Å². The molecule has 0 saturated heterocycles. The number of nitro benzene ring substituents is 1. The van der Waals surface area contributed by atoms with Gasteiger partial charge in [0.1, 0.15) is 0 Å². The molecule has 1 unspecified atom stereocenters. The molecule has 1 rings (SSSR count). The smallest absolute Gasteiger partial charge is 0.337 e. The van der Waals surface area contributed by atoms with Crippen molar-refractivity contribution in [3.63, 3.8) is 0 Å². The first kappa shape index (κ1) is 15.7. The van der Waals surface area contributed by atoms with Gasteiger partial charge >= 0.3 is 5.97 Å². The van der Waals surface area contributed by atoms with Gasteiger partial charge in [-0.3, -0.25) is 10.1 Å². The zero-order valence-corrected chi connectivity index (χ0v) is 11.6. The van der Waals surface area contributed by atoms with E-state index in [0.717, 1.165) is 23.9 Å². The summed E-state index contributed by atoms with van der Waals surface area (Å²) in [6, 6.07) is 2.11. The molecule has 0 saturated carbocycles. The fraction of sp³-hybridized carbons (Fsp3) is 0.364. The number of hydrogen-bond acceptors (Lipinski definition) is 5. The van der Waals surface area contributed by atoms with E-state index in [2.05, 4.69) is 0 Å². The van der Waals surface area contributed by atoms with Gasteiger partial charge in [0.15, 0.2) is 0 Å². The van der Waals surface area contributed by atoms with Crippen molar-refractivity contribution in [1.29, 1.82) is 0 Å². The highest BCUT2D eigenvalue weighted by atomic mass is 35.5. The van der Waals surface area contributed by atoms with Crippen LogP contribution < -0.4 is 0 Å². The van der Waals surface area contributed by atoms with E-state index in [0.29, 0.717) is 5.75 Å². The average Bonchev–Trinajstić information content (AvgIpc) is 2.35. The molecule has 1 aromatic carbocycles. The Labute approximate surface area is 118 Å². The predicted octanol–water partition coefficient (Wildman–Crippen LogP) is 2.67. The standard InChI is InChI=1S/C11H12ClNO5S/c1-6(4-14)5-19-10-8(11(15)16)2-7(13(17)18)3-9(10)12/h2-3,6,14H,4-5H2,1H3,(H,15,16). The molecule has 8 heteroatoms. The lowest BCUT2D eigenvalue weighted by Crippen LogP contribution is -2.06. The fourth-order valence-electron chi connectivity index (χ4n) is 1.27. The minimum absolute atomic E-state index is 0.0278. The van der Waals surface area contributed by atoms with Crippen molar-refractivity contribution in [2.75, 3.05) is 12.4 Å². The Morgan fingerprint density at radius 1 is 1.58 bits per heavy atom. The van der Waals surface area contributed by atoms with E-state index in [4.69, 9.17) is 21.8 Å². The van der Waals surface area contributed by atoms with Crippen LogP contribution in [0, 0.1) is 16.0 Å². The Morgan fingerprint density at radius 3 is 2.68 bits per heavy atom. The predicted molar refractivity (Wildman–Crippen MR) is 72.0 cm³/mol. The molecular formula is C11H12ClNO5S. The molecule has 0 fully saturated rings. The van der Waals surface area contributed by atoms with E-state index in [9.17, 15) is 14.9 Å². The molecule has 0 amide bonds. The molecule has 2 N–H and O–H groups in total. The third kappa shape index (κ3) is 4.09. The number of hydrogen-bond donors (Lipinski definition) is 2. The summed E-state index contributed by atoms with van der Waals surface area (Å²) in [4.78, 5) is 21.4. The van der Waals surface area contributed by atoms with E-state index in [1.165, 1.54) is 0 Å². The van der Waals surface area contributed by atoms with Gasteiger partial charge in [0.2, 0.25) is 0 Å². The number of non-ortho nitro benzene ring substituents is 1. The topological polar surface area (TPSA) is 101 Å². The lowest BCUT2D eigenvalue weighted by atomic mass is 10.2. The maximum Gasteiger partial charge on any atom is 0.337 e. The monoisotopic (exact) mass is 305 g/mol. The highest BCUT2D eigenvalue weighted by Crippen LogP contribution is 2.35. The Bertz CT molecular complexity index is 508. The summed E-state index contributed by atoms with van der Waals surface area (Å²) in [6.07, 6.45) is 0. The Hall–Kier alpha value is -1.31. The lowest BCUT2D eigenvalue weighted by molar-refractivity contribution is -0.384. The number of nitrogens with zero attached hydrogens (tertiary/aromatic N) is 1. The number of carbonyl (C=O) groups is 1. The third-order valence-corrected chi connectivity index (χ3v) is 4.17. The maximum atomic E-state index is 11.1. The van der Waals surface area contributed by atoms with Crippen LogP contribution in [0.4, 0.5) is 5.69 Å². The zero-order valence-electron chi connectivity index (χ0n) is 10.00. The molecular weight excluding hydrogens is 294 g/mol. The van der Waals surface area contributed by atoms with Crippen molar-refractivity contribution in [3.05, 3.63) is 32.8 Å². The van der Waals surface area contributed by atoms with Crippen LogP contribution in [-0.2, 0) is 0 Å². The van der Waals surface area contributed by atoms with E-state index in [1.54, 1.807) is 6.92 Å². The molecule has 0 radical (unpaired) electrons. The van der Waals surface area contributed by atoms with E-state index in [-0.39, 0.29) is 33.7 Å². The third-order valence-electron chi connectivity index (χ3n) is 2.29. The highest BCUT2D eigenvalue weighted by molar-refractivity contribution is 7.99. The normalized spacial score (nSPS) is 12.2. The second-order valence-electron chi connectivity index (χ2n) is 3.97. The minimum atomic E-state index is -1.27. The van der Waals surface area contributed by atoms with Crippen LogP contribution >= 0.6 is 23.4 Å². The van der Waals surface area contributed by atoms with Gasteiger partial charge in [0, 0.05) is 29.4 Å². The largest absolute Gasteiger partial charge is 0.478 e. The summed E-state index contributed by atoms with van der Waals surface area (Å²) in [5.74, 6) is -0.837. The van der Waals surface area contributed by atoms with Crippen molar-refractivity contribution in [1.82, 2.24) is 0 Å². The lowest BCUT2D eigenvalue weighted by Gasteiger charge is -2.11. The molecule has 19 heavy (non-hydrogen) atoms. The number of benzene rings is 1. The quantitative estimate of drug-likeness (QED) is 0.476. The first-order valence-electron chi connectivity index (χ1n) is 5.31. The van der Waals surface area contributed by atoms with E-state index in [1.807, 2.05) is 0 Å². The molecule has 0 aliphatic rings. The number of halogens is 1. The van der Waals surface area contributed by atoms with Crippen LogP contribution in [0.5, 0.6) is 0 Å². The van der Waals surface area contributed by atoms with E-state index >= 15 is 0 Å². The van der Waals surface area contributed by atoms with Gasteiger partial charge in [0.25, 0.3) is 5.69 Å². The maximum absolute atomic E-state index is 11.1. The summed E-state index contributed by atoms with van der Waals surface area (Å²) >= 11 is 7.06. The van der Waals surface area contributed by atoms with Crippen LogP contribution in [0.3, 0.4) is 0 Å². The summed E-state index contributed by atoms with van der Waals surface area (Å²) in [5.41, 5.74) is -0.559. The van der Waals surface area contributed by atoms with Gasteiger partial charge in [-0.2, -0.15) is 0 Å². The molecule has 1 atom stereocenters.